The summed E-state index contributed by atoms with van der Waals surface area (Å²) in [4.78, 5) is 12.6. The highest BCUT2D eigenvalue weighted by Gasteiger charge is 2.50. The molecule has 1 saturated heterocycles. The number of methoxy groups -OCH3 is 1. The average molecular weight is 523 g/mol. The molecule has 0 unspecified atom stereocenters. The van der Waals surface area contributed by atoms with Gasteiger partial charge in [0, 0.05) is 30.8 Å². The lowest BCUT2D eigenvalue weighted by Gasteiger charge is -2.31. The SMILES string of the molecule is CC[C@H](OC)[C@@H](C)[C@H]1O[C@@H]1[C@@H](O)[C@@H](C)/C=C/C=C(\C)[C@H]1OC(=O)C[C@H](O)CC[C@@](C)(O)[C@@H](C)/C=C/[C@@H]1C. The second kappa shape index (κ2) is 14.0. The van der Waals surface area contributed by atoms with Crippen LogP contribution in [0.2, 0.25) is 0 Å². The molecule has 1 fully saturated rings. The number of aliphatic hydroxyl groups is 3. The first-order valence-corrected chi connectivity index (χ1v) is 13.8. The van der Waals surface area contributed by atoms with Gasteiger partial charge in [-0.05, 0) is 38.7 Å². The topological polar surface area (TPSA) is 109 Å². The summed E-state index contributed by atoms with van der Waals surface area (Å²) in [5.41, 5.74) is -0.113. The van der Waals surface area contributed by atoms with Crippen molar-refractivity contribution in [1.82, 2.24) is 0 Å². The molecule has 7 nitrogen and oxygen atoms in total. The monoisotopic (exact) mass is 522 g/mol. The molecule has 0 aromatic rings. The largest absolute Gasteiger partial charge is 0.457 e. The summed E-state index contributed by atoms with van der Waals surface area (Å²) in [5, 5.41) is 31.9. The molecule has 7 heteroatoms. The van der Waals surface area contributed by atoms with E-state index in [9.17, 15) is 20.1 Å². The molecule has 0 radical (unpaired) electrons. The van der Waals surface area contributed by atoms with Gasteiger partial charge >= 0.3 is 5.97 Å². The second-order valence-electron chi connectivity index (χ2n) is 11.4. The van der Waals surface area contributed by atoms with Crippen molar-refractivity contribution in [3.8, 4) is 0 Å². The first-order valence-electron chi connectivity index (χ1n) is 13.8. The molecule has 2 aliphatic heterocycles. The zero-order valence-electron chi connectivity index (χ0n) is 24.0. The fourth-order valence-electron chi connectivity index (χ4n) is 5.12. The third-order valence-electron chi connectivity index (χ3n) is 8.28. The second-order valence-corrected chi connectivity index (χ2v) is 11.4. The number of allylic oxidation sites excluding steroid dienone is 2. The van der Waals surface area contributed by atoms with Gasteiger partial charge in [-0.3, -0.25) is 4.79 Å². The molecular formula is C30H50O7. The summed E-state index contributed by atoms with van der Waals surface area (Å²) in [6, 6.07) is 0. The van der Waals surface area contributed by atoms with E-state index in [0.717, 1.165) is 12.0 Å². The summed E-state index contributed by atoms with van der Waals surface area (Å²) in [5.74, 6) is -0.608. The highest BCUT2D eigenvalue weighted by Crippen LogP contribution is 2.37. The number of esters is 1. The fraction of sp³-hybridized carbons (Fsp3) is 0.767. The zero-order chi connectivity index (χ0) is 27.9. The van der Waals surface area contributed by atoms with E-state index in [4.69, 9.17) is 14.2 Å². The number of aliphatic hydroxyl groups excluding tert-OH is 2. The van der Waals surface area contributed by atoms with Crippen LogP contribution in [0.3, 0.4) is 0 Å². The minimum Gasteiger partial charge on any atom is -0.457 e. The number of cyclic esters (lactones) is 1. The van der Waals surface area contributed by atoms with Crippen LogP contribution in [-0.2, 0) is 19.0 Å². The van der Waals surface area contributed by atoms with Crippen LogP contribution in [0.4, 0.5) is 0 Å². The molecule has 2 rings (SSSR count). The summed E-state index contributed by atoms with van der Waals surface area (Å²) in [7, 11) is 1.71. The van der Waals surface area contributed by atoms with Gasteiger partial charge in [0.15, 0.2) is 0 Å². The van der Waals surface area contributed by atoms with Crippen LogP contribution in [0.15, 0.2) is 36.0 Å². The predicted molar refractivity (Wildman–Crippen MR) is 145 cm³/mol. The zero-order valence-corrected chi connectivity index (χ0v) is 24.0. The average Bonchev–Trinajstić information content (AvgIpc) is 3.64. The van der Waals surface area contributed by atoms with Crippen molar-refractivity contribution in [3.05, 3.63) is 36.0 Å². The van der Waals surface area contributed by atoms with Gasteiger partial charge in [0.2, 0.25) is 0 Å². The number of rotatable bonds is 9. The molecule has 2 heterocycles. The number of epoxide rings is 1. The molecule has 37 heavy (non-hydrogen) atoms. The number of hydrogen-bond acceptors (Lipinski definition) is 7. The van der Waals surface area contributed by atoms with E-state index >= 15 is 0 Å². The number of carbonyl (C=O) groups excluding carboxylic acids is 1. The van der Waals surface area contributed by atoms with E-state index < -0.39 is 29.9 Å². The molecule has 0 amide bonds. The molecule has 11 atom stereocenters. The van der Waals surface area contributed by atoms with Gasteiger partial charge < -0.3 is 29.5 Å². The molecule has 212 valence electrons. The van der Waals surface area contributed by atoms with Crippen molar-refractivity contribution in [3.63, 3.8) is 0 Å². The third-order valence-corrected chi connectivity index (χ3v) is 8.28. The Balaban J connectivity index is 2.09. The summed E-state index contributed by atoms with van der Waals surface area (Å²) in [6.07, 6.45) is 9.11. The van der Waals surface area contributed by atoms with Crippen LogP contribution in [0.5, 0.6) is 0 Å². The quantitative estimate of drug-likeness (QED) is 0.179. The summed E-state index contributed by atoms with van der Waals surface area (Å²) >= 11 is 0. The van der Waals surface area contributed by atoms with Crippen molar-refractivity contribution >= 4 is 5.97 Å². The highest BCUT2D eigenvalue weighted by atomic mass is 16.6. The Hall–Kier alpha value is -1.51. The predicted octanol–water partition coefficient (Wildman–Crippen LogP) is 4.35. The highest BCUT2D eigenvalue weighted by molar-refractivity contribution is 5.70. The molecule has 2 aliphatic rings. The minimum absolute atomic E-state index is 0.00480. The molecule has 0 bridgehead atoms. The van der Waals surface area contributed by atoms with E-state index in [1.165, 1.54) is 0 Å². The van der Waals surface area contributed by atoms with Crippen LogP contribution >= 0.6 is 0 Å². The Morgan fingerprint density at radius 2 is 1.95 bits per heavy atom. The summed E-state index contributed by atoms with van der Waals surface area (Å²) in [6.45, 7) is 13.7. The van der Waals surface area contributed by atoms with Gasteiger partial charge in [0.25, 0.3) is 0 Å². The van der Waals surface area contributed by atoms with Crippen molar-refractivity contribution in [2.24, 2.45) is 23.7 Å². The van der Waals surface area contributed by atoms with Crippen molar-refractivity contribution in [2.45, 2.75) is 116 Å². The molecule has 0 saturated carbocycles. The molecule has 0 aromatic heterocycles. The molecule has 0 aliphatic carbocycles. The van der Waals surface area contributed by atoms with Gasteiger partial charge in [-0.1, -0.05) is 65.0 Å². The maximum Gasteiger partial charge on any atom is 0.309 e. The Kier molecular flexibility index (Phi) is 12.0. The first-order chi connectivity index (χ1) is 17.3. The van der Waals surface area contributed by atoms with Crippen LogP contribution < -0.4 is 0 Å². The smallest absolute Gasteiger partial charge is 0.309 e. The van der Waals surface area contributed by atoms with Crippen LogP contribution in [0, 0.1) is 23.7 Å². The van der Waals surface area contributed by atoms with E-state index in [2.05, 4.69) is 13.8 Å². The molecular weight excluding hydrogens is 472 g/mol. The normalized spacial score (nSPS) is 38.1. The van der Waals surface area contributed by atoms with Gasteiger partial charge in [0.05, 0.1) is 36.4 Å². The van der Waals surface area contributed by atoms with Crippen molar-refractivity contribution < 1.29 is 34.3 Å². The first kappa shape index (κ1) is 31.7. The van der Waals surface area contributed by atoms with E-state index in [0.29, 0.717) is 12.8 Å². The van der Waals surface area contributed by atoms with E-state index in [-0.39, 0.29) is 48.4 Å². The molecule has 3 N–H and O–H groups in total. The molecule has 0 aromatic carbocycles. The van der Waals surface area contributed by atoms with Crippen molar-refractivity contribution in [2.75, 3.05) is 7.11 Å². The number of carbonyl (C=O) groups is 1. The van der Waals surface area contributed by atoms with Crippen LogP contribution in [0.25, 0.3) is 0 Å². The van der Waals surface area contributed by atoms with Gasteiger partial charge in [-0.15, -0.1) is 0 Å². The minimum atomic E-state index is -0.969. The van der Waals surface area contributed by atoms with Gasteiger partial charge in [0.1, 0.15) is 12.2 Å². The maximum absolute atomic E-state index is 12.6. The van der Waals surface area contributed by atoms with Crippen LogP contribution in [0.1, 0.15) is 74.1 Å². The lowest BCUT2D eigenvalue weighted by atomic mass is 9.84. The van der Waals surface area contributed by atoms with Gasteiger partial charge in [-0.2, -0.15) is 0 Å². The Bertz CT molecular complexity index is 813. The third kappa shape index (κ3) is 9.03. The van der Waals surface area contributed by atoms with E-state index in [1.54, 1.807) is 14.0 Å². The molecule has 0 spiro atoms. The maximum atomic E-state index is 12.6. The van der Waals surface area contributed by atoms with Crippen molar-refractivity contribution in [1.29, 1.82) is 0 Å². The number of hydrogen-bond donors (Lipinski definition) is 3. The lowest BCUT2D eigenvalue weighted by molar-refractivity contribution is -0.151. The van der Waals surface area contributed by atoms with Gasteiger partial charge in [-0.25, -0.2) is 0 Å². The van der Waals surface area contributed by atoms with E-state index in [1.807, 2.05) is 58.1 Å². The number of ether oxygens (including phenoxy) is 3. The van der Waals surface area contributed by atoms with Crippen LogP contribution in [-0.4, -0.2) is 70.6 Å². The lowest BCUT2D eigenvalue weighted by Crippen LogP contribution is -2.34. The summed E-state index contributed by atoms with van der Waals surface area (Å²) < 4.78 is 17.1. The standard InChI is InChI=1S/C30H50O7/c1-9-24(35-8)22(6)28-29(37-28)26(33)18(2)11-10-12-19(3)27-20(4)13-14-21(5)30(7,34)16-15-23(31)17-25(32)36-27/h10-14,18,20-24,26-29,31,33-34H,9,15-17H2,1-8H3/b11-10+,14-13+,19-12+/t18-,20-,21-,22+,23+,24-,26-,27+,28+,29+,30+/m0/s1. The fourth-order valence-corrected chi connectivity index (χ4v) is 5.12. The Morgan fingerprint density at radius 3 is 2.57 bits per heavy atom. The Morgan fingerprint density at radius 1 is 1.27 bits per heavy atom. The Labute approximate surface area is 223 Å².